The number of amides is 1. The summed E-state index contributed by atoms with van der Waals surface area (Å²) in [5, 5.41) is 9.06. The molecule has 0 bridgehead atoms. The van der Waals surface area contributed by atoms with E-state index in [0.29, 0.717) is 22.1 Å². The number of nitriles is 1. The zero-order chi connectivity index (χ0) is 13.7. The first kappa shape index (κ1) is 13.9. The number of hydrogen-bond donors (Lipinski definition) is 1. The van der Waals surface area contributed by atoms with Crippen molar-refractivity contribution in [1.82, 2.24) is 0 Å². The predicted molar refractivity (Wildman–Crippen MR) is 67.3 cm³/mol. The lowest BCUT2D eigenvalue weighted by Gasteiger charge is -2.10. The van der Waals surface area contributed by atoms with Gasteiger partial charge >= 0.3 is 0 Å². The SMILES string of the molecule is COc1cc(C=C(C#N)C(N)=O)cc(Cl)c1OC. The second-order valence-corrected chi connectivity index (χ2v) is 3.68. The van der Waals surface area contributed by atoms with Gasteiger partial charge in [-0.25, -0.2) is 0 Å². The fourth-order valence-corrected chi connectivity index (χ4v) is 1.64. The zero-order valence-electron chi connectivity index (χ0n) is 9.86. The van der Waals surface area contributed by atoms with Gasteiger partial charge in [0.25, 0.3) is 5.91 Å². The summed E-state index contributed by atoms with van der Waals surface area (Å²) in [5.41, 5.74) is 5.39. The number of nitrogens with two attached hydrogens (primary N) is 1. The molecule has 0 radical (unpaired) electrons. The highest BCUT2D eigenvalue weighted by atomic mass is 35.5. The quantitative estimate of drug-likeness (QED) is 0.664. The van der Waals surface area contributed by atoms with Gasteiger partial charge in [-0.3, -0.25) is 4.79 Å². The van der Waals surface area contributed by atoms with Crippen molar-refractivity contribution in [3.8, 4) is 17.6 Å². The lowest BCUT2D eigenvalue weighted by Crippen LogP contribution is -2.12. The molecular weight excluding hydrogens is 256 g/mol. The lowest BCUT2D eigenvalue weighted by molar-refractivity contribution is -0.114. The van der Waals surface area contributed by atoms with Crippen molar-refractivity contribution >= 4 is 23.6 Å². The number of carbonyl (C=O) groups is 1. The molecular formula is C12H11ClN2O3. The number of ether oxygens (including phenoxy) is 2. The molecule has 0 heterocycles. The minimum atomic E-state index is -0.802. The second-order valence-electron chi connectivity index (χ2n) is 3.27. The van der Waals surface area contributed by atoms with E-state index in [1.165, 1.54) is 20.3 Å². The van der Waals surface area contributed by atoms with Gasteiger partial charge in [0.2, 0.25) is 0 Å². The van der Waals surface area contributed by atoms with Crippen LogP contribution in [-0.4, -0.2) is 20.1 Å². The van der Waals surface area contributed by atoms with Crippen molar-refractivity contribution in [1.29, 1.82) is 5.26 Å². The lowest BCUT2D eigenvalue weighted by atomic mass is 10.1. The molecule has 0 saturated heterocycles. The van der Waals surface area contributed by atoms with Crippen molar-refractivity contribution in [2.45, 2.75) is 0 Å². The molecule has 6 heteroatoms. The highest BCUT2D eigenvalue weighted by Gasteiger charge is 2.11. The first-order valence-electron chi connectivity index (χ1n) is 4.86. The zero-order valence-corrected chi connectivity index (χ0v) is 10.6. The topological polar surface area (TPSA) is 85.3 Å². The van der Waals surface area contributed by atoms with E-state index in [1.807, 2.05) is 0 Å². The van der Waals surface area contributed by atoms with Gasteiger partial charge in [0.15, 0.2) is 11.5 Å². The van der Waals surface area contributed by atoms with E-state index in [1.54, 1.807) is 18.2 Å². The van der Waals surface area contributed by atoms with E-state index in [-0.39, 0.29) is 5.57 Å². The first-order valence-corrected chi connectivity index (χ1v) is 5.24. The molecule has 0 aliphatic rings. The third-order valence-electron chi connectivity index (χ3n) is 2.15. The molecule has 0 unspecified atom stereocenters. The highest BCUT2D eigenvalue weighted by molar-refractivity contribution is 6.32. The summed E-state index contributed by atoms with van der Waals surface area (Å²) < 4.78 is 10.2. The van der Waals surface area contributed by atoms with Crippen LogP contribution in [0.3, 0.4) is 0 Å². The Hall–Kier alpha value is -2.19. The van der Waals surface area contributed by atoms with Crippen LogP contribution in [0.25, 0.3) is 6.08 Å². The van der Waals surface area contributed by atoms with Gasteiger partial charge in [0.05, 0.1) is 19.2 Å². The highest BCUT2D eigenvalue weighted by Crippen LogP contribution is 2.36. The number of halogens is 1. The molecule has 0 aliphatic heterocycles. The Morgan fingerprint density at radius 1 is 1.44 bits per heavy atom. The molecule has 5 nitrogen and oxygen atoms in total. The number of methoxy groups -OCH3 is 2. The molecule has 2 N–H and O–H groups in total. The Morgan fingerprint density at radius 3 is 2.56 bits per heavy atom. The van der Waals surface area contributed by atoms with E-state index >= 15 is 0 Å². The van der Waals surface area contributed by atoms with Crippen LogP contribution >= 0.6 is 11.6 Å². The maximum Gasteiger partial charge on any atom is 0.259 e. The Bertz CT molecular complexity index is 547. The molecule has 1 rings (SSSR count). The van der Waals surface area contributed by atoms with Gasteiger partial charge in [-0.15, -0.1) is 0 Å². The van der Waals surface area contributed by atoms with Gasteiger partial charge in [-0.1, -0.05) is 11.6 Å². The summed E-state index contributed by atoms with van der Waals surface area (Å²) in [6.45, 7) is 0. The van der Waals surface area contributed by atoms with Crippen molar-refractivity contribution < 1.29 is 14.3 Å². The Labute approximate surface area is 109 Å². The Balaban J connectivity index is 3.33. The summed E-state index contributed by atoms with van der Waals surface area (Å²) in [5.74, 6) is -0.0182. The fraction of sp³-hybridized carbons (Fsp3) is 0.167. The third kappa shape index (κ3) is 2.93. The summed E-state index contributed by atoms with van der Waals surface area (Å²) >= 11 is 5.99. The van der Waals surface area contributed by atoms with Crippen LogP contribution in [0, 0.1) is 11.3 Å². The van der Waals surface area contributed by atoms with Crippen LogP contribution in [0.1, 0.15) is 5.56 Å². The van der Waals surface area contributed by atoms with Crippen molar-refractivity contribution in [3.05, 3.63) is 28.3 Å². The average molecular weight is 267 g/mol. The predicted octanol–water partition coefficient (Wildman–Crippen LogP) is 1.75. The molecule has 0 aromatic heterocycles. The van der Waals surface area contributed by atoms with Gasteiger partial charge in [0.1, 0.15) is 11.6 Å². The first-order chi connectivity index (χ1) is 8.53. The second kappa shape index (κ2) is 5.94. The number of nitrogens with zero attached hydrogens (tertiary/aromatic N) is 1. The van der Waals surface area contributed by atoms with Crippen LogP contribution in [0.5, 0.6) is 11.5 Å². The van der Waals surface area contributed by atoms with E-state index in [2.05, 4.69) is 0 Å². The molecule has 94 valence electrons. The summed E-state index contributed by atoms with van der Waals surface area (Å²) in [6, 6.07) is 4.84. The molecule has 0 aliphatic carbocycles. The largest absolute Gasteiger partial charge is 0.493 e. The number of benzene rings is 1. The molecule has 18 heavy (non-hydrogen) atoms. The molecule has 1 amide bonds. The molecule has 0 spiro atoms. The number of primary amides is 1. The van der Waals surface area contributed by atoms with Gasteiger partial charge < -0.3 is 15.2 Å². The van der Waals surface area contributed by atoms with Gasteiger partial charge in [-0.05, 0) is 23.8 Å². The van der Waals surface area contributed by atoms with Crippen LogP contribution in [0.15, 0.2) is 17.7 Å². The van der Waals surface area contributed by atoms with Crippen LogP contribution in [-0.2, 0) is 4.79 Å². The summed E-state index contributed by atoms with van der Waals surface area (Å²) in [4.78, 5) is 10.9. The smallest absolute Gasteiger partial charge is 0.259 e. The number of hydrogen-bond acceptors (Lipinski definition) is 4. The number of carbonyl (C=O) groups excluding carboxylic acids is 1. The summed E-state index contributed by atoms with van der Waals surface area (Å²) in [6.07, 6.45) is 1.33. The minimum absolute atomic E-state index is 0.168. The molecule has 0 fully saturated rings. The van der Waals surface area contributed by atoms with Crippen LogP contribution in [0.2, 0.25) is 5.02 Å². The van der Waals surface area contributed by atoms with E-state index in [9.17, 15) is 4.79 Å². The number of rotatable bonds is 4. The van der Waals surface area contributed by atoms with E-state index in [0.717, 1.165) is 0 Å². The van der Waals surface area contributed by atoms with Crippen LogP contribution in [0.4, 0.5) is 0 Å². The van der Waals surface area contributed by atoms with E-state index in [4.69, 9.17) is 32.1 Å². The minimum Gasteiger partial charge on any atom is -0.493 e. The summed E-state index contributed by atoms with van der Waals surface area (Å²) in [7, 11) is 2.92. The van der Waals surface area contributed by atoms with Gasteiger partial charge in [-0.2, -0.15) is 5.26 Å². The molecule has 0 saturated carbocycles. The third-order valence-corrected chi connectivity index (χ3v) is 2.43. The monoisotopic (exact) mass is 266 g/mol. The van der Waals surface area contributed by atoms with Gasteiger partial charge in [0, 0.05) is 0 Å². The van der Waals surface area contributed by atoms with Crippen molar-refractivity contribution in [3.63, 3.8) is 0 Å². The standard InChI is InChI=1S/C12H11ClN2O3/c1-17-10-5-7(3-8(6-14)12(15)16)4-9(13)11(10)18-2/h3-5H,1-2H3,(H2,15,16). The Morgan fingerprint density at radius 2 is 2.11 bits per heavy atom. The van der Waals surface area contributed by atoms with Crippen molar-refractivity contribution in [2.75, 3.05) is 14.2 Å². The molecule has 1 aromatic carbocycles. The van der Waals surface area contributed by atoms with E-state index < -0.39 is 5.91 Å². The van der Waals surface area contributed by atoms with Crippen molar-refractivity contribution in [2.24, 2.45) is 5.73 Å². The average Bonchev–Trinajstić information content (AvgIpc) is 2.34. The molecule has 0 atom stereocenters. The maximum atomic E-state index is 10.9. The maximum absolute atomic E-state index is 10.9. The molecule has 1 aromatic rings. The normalized spacial score (nSPS) is 10.7. The Kier molecular flexibility index (Phi) is 4.58. The van der Waals surface area contributed by atoms with Crippen LogP contribution < -0.4 is 15.2 Å². The fourth-order valence-electron chi connectivity index (χ4n) is 1.35.